The molecule has 0 bridgehead atoms. The van der Waals surface area contributed by atoms with Gasteiger partial charge in [0.05, 0.1) is 19.8 Å². The lowest BCUT2D eigenvalue weighted by Crippen LogP contribution is -2.52. The van der Waals surface area contributed by atoms with Gasteiger partial charge in [-0.1, -0.05) is 6.92 Å². The molecule has 100 valence electrons. The number of hydrogen-bond acceptors (Lipinski definition) is 4. The van der Waals surface area contributed by atoms with Crippen molar-refractivity contribution in [2.75, 3.05) is 20.8 Å². The number of esters is 1. The van der Waals surface area contributed by atoms with Gasteiger partial charge in [-0.3, -0.25) is 0 Å². The van der Waals surface area contributed by atoms with Crippen LogP contribution in [-0.2, 0) is 14.3 Å². The van der Waals surface area contributed by atoms with Gasteiger partial charge in [0.2, 0.25) is 0 Å². The van der Waals surface area contributed by atoms with E-state index in [0.717, 1.165) is 18.8 Å². The lowest BCUT2D eigenvalue weighted by molar-refractivity contribution is -0.151. The molecule has 1 saturated carbocycles. The van der Waals surface area contributed by atoms with Gasteiger partial charge in [-0.2, -0.15) is 0 Å². The quantitative estimate of drug-likeness (QED) is 0.747. The number of hydrogen-bond donors (Lipinski definition) is 1. The van der Waals surface area contributed by atoms with Gasteiger partial charge >= 0.3 is 5.97 Å². The van der Waals surface area contributed by atoms with Gasteiger partial charge in [0.1, 0.15) is 5.54 Å². The molecule has 1 unspecified atom stereocenters. The number of rotatable bonds is 5. The summed E-state index contributed by atoms with van der Waals surface area (Å²) in [7, 11) is 3.16. The number of methoxy groups -OCH3 is 1. The number of carbonyl (C=O) groups is 1. The van der Waals surface area contributed by atoms with Crippen molar-refractivity contribution >= 4 is 5.97 Å². The fraction of sp³-hybridized carbons (Fsp3) is 0.923. The average Bonchev–Trinajstić information content (AvgIpc) is 2.36. The molecular weight excluding hydrogens is 218 g/mol. The Morgan fingerprint density at radius 2 is 1.94 bits per heavy atom. The molecule has 1 aliphatic carbocycles. The normalized spacial score (nSPS) is 28.5. The van der Waals surface area contributed by atoms with Crippen LogP contribution in [0.4, 0.5) is 0 Å². The van der Waals surface area contributed by atoms with Crippen molar-refractivity contribution < 1.29 is 14.3 Å². The van der Waals surface area contributed by atoms with Gasteiger partial charge in [-0.05, 0) is 45.6 Å². The standard InChI is InChI=1S/C13H25NO3/c1-10-5-7-11(8-6-10)17-9-13(2,14-3)12(15)16-4/h10-11,14H,5-9H2,1-4H3. The van der Waals surface area contributed by atoms with Crippen molar-refractivity contribution in [2.45, 2.75) is 51.2 Å². The van der Waals surface area contributed by atoms with Crippen LogP contribution in [0.5, 0.6) is 0 Å². The van der Waals surface area contributed by atoms with E-state index in [4.69, 9.17) is 9.47 Å². The Morgan fingerprint density at radius 1 is 1.35 bits per heavy atom. The average molecular weight is 243 g/mol. The van der Waals surface area contributed by atoms with Gasteiger partial charge in [-0.15, -0.1) is 0 Å². The van der Waals surface area contributed by atoms with Gasteiger partial charge in [-0.25, -0.2) is 4.79 Å². The van der Waals surface area contributed by atoms with Gasteiger partial charge < -0.3 is 14.8 Å². The Morgan fingerprint density at radius 3 is 2.41 bits per heavy atom. The van der Waals surface area contributed by atoms with E-state index in [1.54, 1.807) is 7.05 Å². The number of nitrogens with one attached hydrogen (secondary N) is 1. The van der Waals surface area contributed by atoms with Crippen LogP contribution in [0, 0.1) is 5.92 Å². The second-order valence-electron chi connectivity index (χ2n) is 5.27. The van der Waals surface area contributed by atoms with Crippen LogP contribution >= 0.6 is 0 Å². The molecule has 4 nitrogen and oxygen atoms in total. The summed E-state index contributed by atoms with van der Waals surface area (Å²) in [6.45, 7) is 4.46. The molecule has 4 heteroatoms. The largest absolute Gasteiger partial charge is 0.468 e. The van der Waals surface area contributed by atoms with Crippen molar-refractivity contribution in [3.8, 4) is 0 Å². The first-order valence-electron chi connectivity index (χ1n) is 6.40. The van der Waals surface area contributed by atoms with E-state index in [-0.39, 0.29) is 5.97 Å². The molecule has 0 spiro atoms. The van der Waals surface area contributed by atoms with E-state index < -0.39 is 5.54 Å². The zero-order chi connectivity index (χ0) is 12.9. The summed E-state index contributed by atoms with van der Waals surface area (Å²) in [6, 6.07) is 0. The van der Waals surface area contributed by atoms with E-state index in [9.17, 15) is 4.79 Å². The molecule has 0 aromatic heterocycles. The Kier molecular flexibility index (Phi) is 5.40. The molecule has 0 heterocycles. The van der Waals surface area contributed by atoms with E-state index in [1.807, 2.05) is 6.92 Å². The second kappa shape index (κ2) is 6.36. The lowest BCUT2D eigenvalue weighted by atomic mass is 9.89. The maximum Gasteiger partial charge on any atom is 0.328 e. The summed E-state index contributed by atoms with van der Waals surface area (Å²) in [4.78, 5) is 11.6. The van der Waals surface area contributed by atoms with Crippen LogP contribution in [0.2, 0.25) is 0 Å². The SMILES string of the molecule is CNC(C)(COC1CCC(C)CC1)C(=O)OC. The smallest absolute Gasteiger partial charge is 0.328 e. The zero-order valence-electron chi connectivity index (χ0n) is 11.4. The van der Waals surface area contributed by atoms with Gasteiger partial charge in [0, 0.05) is 0 Å². The van der Waals surface area contributed by atoms with Crippen molar-refractivity contribution in [1.29, 1.82) is 0 Å². The first-order valence-corrected chi connectivity index (χ1v) is 6.40. The Balaban J connectivity index is 2.40. The minimum atomic E-state index is -0.738. The minimum Gasteiger partial charge on any atom is -0.468 e. The van der Waals surface area contributed by atoms with Crippen LogP contribution in [0.3, 0.4) is 0 Å². The van der Waals surface area contributed by atoms with Crippen molar-refractivity contribution in [3.63, 3.8) is 0 Å². The summed E-state index contributed by atoms with van der Waals surface area (Å²) in [6.07, 6.45) is 4.94. The van der Waals surface area contributed by atoms with E-state index in [0.29, 0.717) is 12.7 Å². The molecule has 0 aromatic rings. The third kappa shape index (κ3) is 3.96. The molecule has 0 aromatic carbocycles. The van der Waals surface area contributed by atoms with E-state index in [2.05, 4.69) is 12.2 Å². The van der Waals surface area contributed by atoms with Gasteiger partial charge in [0.25, 0.3) is 0 Å². The van der Waals surface area contributed by atoms with Gasteiger partial charge in [0.15, 0.2) is 0 Å². The van der Waals surface area contributed by atoms with Crippen LogP contribution in [0.1, 0.15) is 39.5 Å². The maximum absolute atomic E-state index is 11.6. The molecule has 0 aliphatic heterocycles. The highest BCUT2D eigenvalue weighted by Gasteiger charge is 2.34. The van der Waals surface area contributed by atoms with E-state index in [1.165, 1.54) is 20.0 Å². The third-order valence-electron chi connectivity index (χ3n) is 3.76. The molecule has 0 radical (unpaired) electrons. The van der Waals surface area contributed by atoms with Crippen molar-refractivity contribution in [1.82, 2.24) is 5.32 Å². The highest BCUT2D eigenvalue weighted by Crippen LogP contribution is 2.26. The minimum absolute atomic E-state index is 0.274. The maximum atomic E-state index is 11.6. The first kappa shape index (κ1) is 14.5. The molecule has 1 rings (SSSR count). The van der Waals surface area contributed by atoms with Crippen molar-refractivity contribution in [3.05, 3.63) is 0 Å². The predicted molar refractivity (Wildman–Crippen MR) is 66.9 cm³/mol. The fourth-order valence-corrected chi connectivity index (χ4v) is 2.14. The number of ether oxygens (including phenoxy) is 2. The number of likely N-dealkylation sites (N-methyl/N-ethyl adjacent to an activating group) is 1. The molecule has 1 N–H and O–H groups in total. The second-order valence-corrected chi connectivity index (χ2v) is 5.27. The summed E-state index contributed by atoms with van der Waals surface area (Å²) >= 11 is 0. The molecule has 1 aliphatic rings. The molecule has 1 atom stereocenters. The summed E-state index contributed by atoms with van der Waals surface area (Å²) in [5.41, 5.74) is -0.738. The monoisotopic (exact) mass is 243 g/mol. The Bertz CT molecular complexity index is 249. The third-order valence-corrected chi connectivity index (χ3v) is 3.76. The fourth-order valence-electron chi connectivity index (χ4n) is 2.14. The molecule has 17 heavy (non-hydrogen) atoms. The van der Waals surface area contributed by atoms with Crippen LogP contribution in [0.15, 0.2) is 0 Å². The van der Waals surface area contributed by atoms with Crippen LogP contribution < -0.4 is 5.32 Å². The number of carbonyl (C=O) groups excluding carboxylic acids is 1. The molecule has 0 saturated heterocycles. The first-order chi connectivity index (χ1) is 8.01. The molecule has 0 amide bonds. The van der Waals surface area contributed by atoms with Crippen LogP contribution in [0.25, 0.3) is 0 Å². The topological polar surface area (TPSA) is 47.6 Å². The highest BCUT2D eigenvalue weighted by molar-refractivity contribution is 5.80. The van der Waals surface area contributed by atoms with Crippen molar-refractivity contribution in [2.24, 2.45) is 5.92 Å². The summed E-state index contributed by atoms with van der Waals surface area (Å²) in [5.74, 6) is 0.537. The Labute approximate surface area is 104 Å². The van der Waals surface area contributed by atoms with E-state index >= 15 is 0 Å². The lowest BCUT2D eigenvalue weighted by Gasteiger charge is -2.31. The Hall–Kier alpha value is -0.610. The molecule has 1 fully saturated rings. The summed E-state index contributed by atoms with van der Waals surface area (Å²) < 4.78 is 10.6. The zero-order valence-corrected chi connectivity index (χ0v) is 11.4. The predicted octanol–water partition coefficient (Wildman–Crippen LogP) is 1.73. The summed E-state index contributed by atoms with van der Waals surface area (Å²) in [5, 5.41) is 2.98. The van der Waals surface area contributed by atoms with Crippen LogP contribution in [-0.4, -0.2) is 38.4 Å². The highest BCUT2D eigenvalue weighted by atomic mass is 16.5. The molecular formula is C13H25NO3.